The van der Waals surface area contributed by atoms with Gasteiger partial charge in [0.05, 0.1) is 12.7 Å². The van der Waals surface area contributed by atoms with Crippen molar-refractivity contribution in [3.63, 3.8) is 0 Å². The Balaban J connectivity index is 0.00000147. The summed E-state index contributed by atoms with van der Waals surface area (Å²) in [6, 6.07) is 15.2. The third-order valence-corrected chi connectivity index (χ3v) is 3.71. The number of hydrogen-bond acceptors (Lipinski definition) is 3. The van der Waals surface area contributed by atoms with E-state index in [0.717, 1.165) is 26.2 Å². The van der Waals surface area contributed by atoms with Crippen LogP contribution in [0.3, 0.4) is 0 Å². The highest BCUT2D eigenvalue weighted by molar-refractivity contribution is 5.85. The van der Waals surface area contributed by atoms with Gasteiger partial charge in [0.1, 0.15) is 0 Å². The highest BCUT2D eigenvalue weighted by Crippen LogP contribution is 2.17. The standard InChI is InChI=1S/C16H20N2O.ClH/c17-10-16-12-18(7-8-19-16)11-13-5-6-14-3-1-2-4-15(14)9-13;/h1-6,9,16H,7-8,10-12,17H2;1H. The van der Waals surface area contributed by atoms with Crippen LogP contribution >= 0.6 is 12.4 Å². The van der Waals surface area contributed by atoms with Crippen molar-refractivity contribution in [3.05, 3.63) is 48.0 Å². The van der Waals surface area contributed by atoms with Crippen molar-refractivity contribution >= 4 is 23.2 Å². The highest BCUT2D eigenvalue weighted by atomic mass is 35.5. The van der Waals surface area contributed by atoms with E-state index in [1.165, 1.54) is 16.3 Å². The zero-order chi connectivity index (χ0) is 13.1. The lowest BCUT2D eigenvalue weighted by Crippen LogP contribution is -2.45. The van der Waals surface area contributed by atoms with Crippen LogP contribution in [0.5, 0.6) is 0 Å². The average molecular weight is 293 g/mol. The van der Waals surface area contributed by atoms with Gasteiger partial charge in [-0.25, -0.2) is 0 Å². The van der Waals surface area contributed by atoms with Gasteiger partial charge in [-0.3, -0.25) is 4.90 Å². The third-order valence-electron chi connectivity index (χ3n) is 3.71. The summed E-state index contributed by atoms with van der Waals surface area (Å²) < 4.78 is 5.60. The van der Waals surface area contributed by atoms with Crippen molar-refractivity contribution in [2.45, 2.75) is 12.6 Å². The van der Waals surface area contributed by atoms with E-state index in [2.05, 4.69) is 47.4 Å². The Hall–Kier alpha value is -1.13. The summed E-state index contributed by atoms with van der Waals surface area (Å²) in [6.07, 6.45) is 0.189. The van der Waals surface area contributed by atoms with Gasteiger partial charge in [-0.05, 0) is 22.4 Å². The molecule has 0 spiro atoms. The van der Waals surface area contributed by atoms with Gasteiger partial charge in [0.15, 0.2) is 0 Å². The lowest BCUT2D eigenvalue weighted by molar-refractivity contribution is -0.0260. The predicted octanol–water partition coefficient (Wildman–Crippen LogP) is 2.42. The second kappa shape index (κ2) is 7.04. The Labute approximate surface area is 126 Å². The van der Waals surface area contributed by atoms with Crippen molar-refractivity contribution in [2.75, 3.05) is 26.2 Å². The molecule has 0 bridgehead atoms. The normalized spacial score (nSPS) is 19.8. The number of fused-ring (bicyclic) bond motifs is 1. The van der Waals surface area contributed by atoms with Gasteiger partial charge in [0, 0.05) is 26.2 Å². The fraction of sp³-hybridized carbons (Fsp3) is 0.375. The summed E-state index contributed by atoms with van der Waals surface area (Å²) in [5, 5.41) is 2.61. The van der Waals surface area contributed by atoms with Gasteiger partial charge in [0.25, 0.3) is 0 Å². The molecule has 1 atom stereocenters. The van der Waals surface area contributed by atoms with Gasteiger partial charge in [0.2, 0.25) is 0 Å². The molecule has 1 aliphatic heterocycles. The molecule has 2 aromatic carbocycles. The Morgan fingerprint density at radius 1 is 1.15 bits per heavy atom. The van der Waals surface area contributed by atoms with E-state index >= 15 is 0 Å². The molecule has 3 rings (SSSR count). The van der Waals surface area contributed by atoms with E-state index in [0.29, 0.717) is 6.54 Å². The molecule has 108 valence electrons. The first-order valence-corrected chi connectivity index (χ1v) is 6.87. The van der Waals surface area contributed by atoms with Crippen molar-refractivity contribution in [1.29, 1.82) is 0 Å². The Kier molecular flexibility index (Phi) is 5.38. The average Bonchev–Trinajstić information content (AvgIpc) is 2.47. The molecule has 0 aromatic heterocycles. The Bertz CT molecular complexity index is 561. The monoisotopic (exact) mass is 292 g/mol. The van der Waals surface area contributed by atoms with Gasteiger partial charge in [-0.2, -0.15) is 0 Å². The molecule has 20 heavy (non-hydrogen) atoms. The predicted molar refractivity (Wildman–Crippen MR) is 85.3 cm³/mol. The van der Waals surface area contributed by atoms with Crippen molar-refractivity contribution < 1.29 is 4.74 Å². The minimum absolute atomic E-state index is 0. The van der Waals surface area contributed by atoms with Gasteiger partial charge in [-0.1, -0.05) is 36.4 Å². The zero-order valence-corrected chi connectivity index (χ0v) is 12.3. The second-order valence-corrected chi connectivity index (χ2v) is 5.15. The molecule has 2 N–H and O–H groups in total. The quantitative estimate of drug-likeness (QED) is 0.944. The summed E-state index contributed by atoms with van der Waals surface area (Å²) in [7, 11) is 0. The van der Waals surface area contributed by atoms with Gasteiger partial charge < -0.3 is 10.5 Å². The van der Waals surface area contributed by atoms with Gasteiger partial charge in [-0.15, -0.1) is 12.4 Å². The summed E-state index contributed by atoms with van der Waals surface area (Å²) in [5.74, 6) is 0. The lowest BCUT2D eigenvalue weighted by Gasteiger charge is -2.32. The SMILES string of the molecule is Cl.NCC1CN(Cc2ccc3ccccc3c2)CCO1. The van der Waals surface area contributed by atoms with Crippen LogP contribution in [0.1, 0.15) is 5.56 Å². The van der Waals surface area contributed by atoms with E-state index in [9.17, 15) is 0 Å². The number of rotatable bonds is 3. The molecular formula is C16H21ClN2O. The number of nitrogens with two attached hydrogens (primary N) is 1. The lowest BCUT2D eigenvalue weighted by atomic mass is 10.1. The maximum Gasteiger partial charge on any atom is 0.0824 e. The minimum Gasteiger partial charge on any atom is -0.374 e. The molecule has 1 heterocycles. The number of ether oxygens (including phenoxy) is 1. The maximum atomic E-state index is 5.68. The molecule has 2 aromatic rings. The number of nitrogens with zero attached hydrogens (tertiary/aromatic N) is 1. The van der Waals surface area contributed by atoms with Crippen LogP contribution in [0.15, 0.2) is 42.5 Å². The van der Waals surface area contributed by atoms with E-state index in [-0.39, 0.29) is 18.5 Å². The number of hydrogen-bond donors (Lipinski definition) is 1. The van der Waals surface area contributed by atoms with Crippen molar-refractivity contribution in [2.24, 2.45) is 5.73 Å². The minimum atomic E-state index is 0. The third kappa shape index (κ3) is 3.49. The number of morpholine rings is 1. The van der Waals surface area contributed by atoms with Crippen LogP contribution in [-0.4, -0.2) is 37.2 Å². The first kappa shape index (κ1) is 15.3. The van der Waals surface area contributed by atoms with Crippen LogP contribution in [0, 0.1) is 0 Å². The van der Waals surface area contributed by atoms with E-state index in [1.54, 1.807) is 0 Å². The zero-order valence-electron chi connectivity index (χ0n) is 11.5. The Morgan fingerprint density at radius 2 is 1.95 bits per heavy atom. The topological polar surface area (TPSA) is 38.5 Å². The molecule has 1 saturated heterocycles. The highest BCUT2D eigenvalue weighted by Gasteiger charge is 2.18. The van der Waals surface area contributed by atoms with E-state index in [4.69, 9.17) is 10.5 Å². The van der Waals surface area contributed by atoms with Crippen LogP contribution in [0.25, 0.3) is 10.8 Å². The smallest absolute Gasteiger partial charge is 0.0824 e. The van der Waals surface area contributed by atoms with Crippen LogP contribution in [0.2, 0.25) is 0 Å². The molecule has 0 saturated carbocycles. The largest absolute Gasteiger partial charge is 0.374 e. The fourth-order valence-electron chi connectivity index (χ4n) is 2.66. The van der Waals surface area contributed by atoms with Crippen LogP contribution < -0.4 is 5.73 Å². The molecule has 0 amide bonds. The first-order chi connectivity index (χ1) is 9.35. The number of halogens is 1. The first-order valence-electron chi connectivity index (χ1n) is 6.87. The molecule has 1 aliphatic rings. The van der Waals surface area contributed by atoms with Crippen molar-refractivity contribution in [3.8, 4) is 0 Å². The van der Waals surface area contributed by atoms with Crippen molar-refractivity contribution in [1.82, 2.24) is 4.90 Å². The molecule has 1 unspecified atom stereocenters. The molecule has 0 aliphatic carbocycles. The number of benzene rings is 2. The molecule has 0 radical (unpaired) electrons. The van der Waals surface area contributed by atoms with Crippen LogP contribution in [0.4, 0.5) is 0 Å². The maximum absolute atomic E-state index is 5.68. The van der Waals surface area contributed by atoms with E-state index in [1.807, 2.05) is 0 Å². The fourth-order valence-corrected chi connectivity index (χ4v) is 2.66. The van der Waals surface area contributed by atoms with Gasteiger partial charge >= 0.3 is 0 Å². The summed E-state index contributed by atoms with van der Waals surface area (Å²) >= 11 is 0. The summed E-state index contributed by atoms with van der Waals surface area (Å²) in [6.45, 7) is 4.29. The molecular weight excluding hydrogens is 272 g/mol. The molecule has 3 nitrogen and oxygen atoms in total. The molecule has 1 fully saturated rings. The molecule has 4 heteroatoms. The van der Waals surface area contributed by atoms with Crippen LogP contribution in [-0.2, 0) is 11.3 Å². The Morgan fingerprint density at radius 3 is 2.75 bits per heavy atom. The summed E-state index contributed by atoms with van der Waals surface area (Å²) in [4.78, 5) is 2.42. The second-order valence-electron chi connectivity index (χ2n) is 5.15. The summed E-state index contributed by atoms with van der Waals surface area (Å²) in [5.41, 5.74) is 7.04. The van der Waals surface area contributed by atoms with E-state index < -0.39 is 0 Å².